The Morgan fingerprint density at radius 2 is 1.72 bits per heavy atom. The zero-order valence-electron chi connectivity index (χ0n) is 18.7. The van der Waals surface area contributed by atoms with Gasteiger partial charge in [-0.05, 0) is 62.9 Å². The van der Waals surface area contributed by atoms with Crippen LogP contribution in [0, 0.1) is 6.92 Å². The van der Waals surface area contributed by atoms with Crippen molar-refractivity contribution in [1.82, 2.24) is 9.62 Å². The molecule has 0 saturated carbocycles. The zero-order chi connectivity index (χ0) is 23.1. The van der Waals surface area contributed by atoms with Crippen molar-refractivity contribution in [2.75, 3.05) is 24.5 Å². The van der Waals surface area contributed by atoms with Gasteiger partial charge in [-0.15, -0.1) is 0 Å². The average Bonchev–Trinajstić information content (AvgIpc) is 3.37. The van der Waals surface area contributed by atoms with E-state index in [9.17, 15) is 18.0 Å². The van der Waals surface area contributed by atoms with Crippen LogP contribution >= 0.6 is 0 Å². The molecule has 0 unspecified atom stereocenters. The number of benzene rings is 2. The summed E-state index contributed by atoms with van der Waals surface area (Å²) >= 11 is 0. The normalized spacial score (nSPS) is 18.1. The van der Waals surface area contributed by atoms with Crippen LogP contribution in [0.3, 0.4) is 0 Å². The Hall–Kier alpha value is -2.71. The second-order valence-electron chi connectivity index (χ2n) is 9.07. The topological polar surface area (TPSA) is 86.8 Å². The highest BCUT2D eigenvalue weighted by atomic mass is 32.2. The summed E-state index contributed by atoms with van der Waals surface area (Å²) in [6.45, 7) is 6.85. The molecule has 2 aromatic carbocycles. The number of anilines is 1. The highest BCUT2D eigenvalue weighted by molar-refractivity contribution is 7.89. The molecule has 8 heteroatoms. The largest absolute Gasteiger partial charge is 0.350 e. The lowest BCUT2D eigenvalue weighted by molar-refractivity contribution is -0.125. The number of fused-ring (bicyclic) bond motifs is 1. The molecule has 2 heterocycles. The first kappa shape index (κ1) is 22.5. The van der Waals surface area contributed by atoms with Crippen LogP contribution in [0.1, 0.15) is 43.4 Å². The molecular formula is C24H29N3O4S. The maximum absolute atomic E-state index is 13.1. The predicted molar refractivity (Wildman–Crippen MR) is 123 cm³/mol. The van der Waals surface area contributed by atoms with E-state index in [0.717, 1.165) is 24.0 Å². The van der Waals surface area contributed by atoms with Crippen LogP contribution in [0.5, 0.6) is 0 Å². The number of sulfonamides is 1. The van der Waals surface area contributed by atoms with Gasteiger partial charge in [-0.25, -0.2) is 8.42 Å². The minimum Gasteiger partial charge on any atom is -0.350 e. The van der Waals surface area contributed by atoms with Gasteiger partial charge in [-0.2, -0.15) is 4.31 Å². The molecule has 0 spiro atoms. The lowest BCUT2D eigenvalue weighted by Gasteiger charge is -2.20. The quantitative estimate of drug-likeness (QED) is 0.726. The first-order valence-corrected chi connectivity index (χ1v) is 12.3. The Kier molecular flexibility index (Phi) is 5.85. The van der Waals surface area contributed by atoms with Gasteiger partial charge in [0, 0.05) is 25.3 Å². The molecule has 0 radical (unpaired) electrons. The number of hydrogen-bond donors (Lipinski definition) is 1. The summed E-state index contributed by atoms with van der Waals surface area (Å²) < 4.78 is 27.5. The van der Waals surface area contributed by atoms with Crippen molar-refractivity contribution in [2.24, 2.45) is 0 Å². The van der Waals surface area contributed by atoms with Gasteiger partial charge < -0.3 is 10.2 Å². The van der Waals surface area contributed by atoms with Gasteiger partial charge in [-0.3, -0.25) is 9.59 Å². The third-order valence-corrected chi connectivity index (χ3v) is 8.22. The van der Waals surface area contributed by atoms with Crippen LogP contribution < -0.4 is 10.2 Å². The first-order valence-electron chi connectivity index (χ1n) is 10.9. The summed E-state index contributed by atoms with van der Waals surface area (Å²) in [4.78, 5) is 27.4. The van der Waals surface area contributed by atoms with Gasteiger partial charge in [0.25, 0.3) is 0 Å². The molecule has 2 amide bonds. The van der Waals surface area contributed by atoms with Crippen molar-refractivity contribution in [3.05, 3.63) is 59.2 Å². The number of nitrogens with zero attached hydrogens (tertiary/aromatic N) is 2. The second kappa shape index (κ2) is 8.33. The molecule has 0 aromatic heterocycles. The first-order chi connectivity index (χ1) is 15.1. The van der Waals surface area contributed by atoms with E-state index in [0.29, 0.717) is 30.9 Å². The number of hydrogen-bond acceptors (Lipinski definition) is 4. The molecule has 1 saturated heterocycles. The number of carbonyl (C=O) groups excluding carboxylic acids is 2. The Morgan fingerprint density at radius 1 is 1.06 bits per heavy atom. The Morgan fingerprint density at radius 3 is 2.38 bits per heavy atom. The third-order valence-electron chi connectivity index (χ3n) is 6.33. The SMILES string of the molecule is Cc1ccc(CNC(=O)CN2C(=O)C(C)(C)c3cc(S(=O)(=O)N4CCCC4)ccc32)cc1. The van der Waals surface area contributed by atoms with E-state index in [4.69, 9.17) is 0 Å². The van der Waals surface area contributed by atoms with Gasteiger partial charge in [0.1, 0.15) is 6.54 Å². The number of carbonyl (C=O) groups is 2. The molecule has 2 aliphatic heterocycles. The summed E-state index contributed by atoms with van der Waals surface area (Å²) in [6, 6.07) is 12.7. The lowest BCUT2D eigenvalue weighted by atomic mass is 9.86. The molecular weight excluding hydrogens is 426 g/mol. The molecule has 4 rings (SSSR count). The zero-order valence-corrected chi connectivity index (χ0v) is 19.5. The molecule has 32 heavy (non-hydrogen) atoms. The molecule has 2 aliphatic rings. The van der Waals surface area contributed by atoms with E-state index in [2.05, 4.69) is 5.32 Å². The van der Waals surface area contributed by atoms with E-state index in [1.807, 2.05) is 31.2 Å². The summed E-state index contributed by atoms with van der Waals surface area (Å²) in [6.07, 6.45) is 1.72. The molecule has 170 valence electrons. The van der Waals surface area contributed by atoms with Crippen molar-refractivity contribution in [1.29, 1.82) is 0 Å². The standard InChI is InChI=1S/C24H29N3O4S/c1-17-6-8-18(9-7-17)15-25-22(28)16-27-21-11-10-19(14-20(21)24(2,3)23(27)29)32(30,31)26-12-4-5-13-26/h6-11,14H,4-5,12-13,15-16H2,1-3H3,(H,25,28). The lowest BCUT2D eigenvalue weighted by Crippen LogP contribution is -2.42. The molecule has 0 atom stereocenters. The van der Waals surface area contributed by atoms with E-state index < -0.39 is 15.4 Å². The van der Waals surface area contributed by atoms with Crippen LogP contribution in [0.15, 0.2) is 47.4 Å². The number of rotatable bonds is 6. The van der Waals surface area contributed by atoms with E-state index >= 15 is 0 Å². The van der Waals surface area contributed by atoms with Crippen LogP contribution in [0.4, 0.5) is 5.69 Å². The minimum absolute atomic E-state index is 0.112. The fourth-order valence-corrected chi connectivity index (χ4v) is 5.86. The van der Waals surface area contributed by atoms with Crippen molar-refractivity contribution < 1.29 is 18.0 Å². The monoisotopic (exact) mass is 455 g/mol. The molecule has 2 aromatic rings. The Balaban J connectivity index is 1.53. The Labute approximate surface area is 189 Å². The highest BCUT2D eigenvalue weighted by Crippen LogP contribution is 2.42. The fraction of sp³-hybridized carbons (Fsp3) is 0.417. The van der Waals surface area contributed by atoms with E-state index in [-0.39, 0.29) is 23.3 Å². The Bertz CT molecular complexity index is 1150. The number of aryl methyl sites for hydroxylation is 1. The van der Waals surface area contributed by atoms with Crippen LogP contribution in [-0.2, 0) is 31.6 Å². The predicted octanol–water partition coefficient (Wildman–Crippen LogP) is 2.72. The number of amides is 2. The molecule has 0 aliphatic carbocycles. The van der Waals surface area contributed by atoms with Gasteiger partial charge in [0.2, 0.25) is 21.8 Å². The molecule has 0 bridgehead atoms. The summed E-state index contributed by atoms with van der Waals surface area (Å²) in [5.74, 6) is -0.481. The maximum atomic E-state index is 13.1. The van der Waals surface area contributed by atoms with Gasteiger partial charge in [0.15, 0.2) is 0 Å². The second-order valence-corrected chi connectivity index (χ2v) is 11.0. The van der Waals surface area contributed by atoms with Gasteiger partial charge in [0.05, 0.1) is 10.3 Å². The molecule has 1 N–H and O–H groups in total. The number of nitrogens with one attached hydrogen (secondary N) is 1. The van der Waals surface area contributed by atoms with Gasteiger partial charge in [-0.1, -0.05) is 29.8 Å². The average molecular weight is 456 g/mol. The van der Waals surface area contributed by atoms with Crippen LogP contribution in [0.2, 0.25) is 0 Å². The van der Waals surface area contributed by atoms with E-state index in [1.54, 1.807) is 32.0 Å². The minimum atomic E-state index is -3.59. The molecule has 7 nitrogen and oxygen atoms in total. The van der Waals surface area contributed by atoms with Crippen LogP contribution in [-0.4, -0.2) is 44.2 Å². The van der Waals surface area contributed by atoms with Crippen molar-refractivity contribution in [3.63, 3.8) is 0 Å². The maximum Gasteiger partial charge on any atom is 0.243 e. The smallest absolute Gasteiger partial charge is 0.243 e. The molecule has 1 fully saturated rings. The summed E-state index contributed by atoms with van der Waals surface area (Å²) in [7, 11) is -3.59. The van der Waals surface area contributed by atoms with E-state index in [1.165, 1.54) is 9.21 Å². The fourth-order valence-electron chi connectivity index (χ4n) is 4.31. The third kappa shape index (κ3) is 4.04. The van der Waals surface area contributed by atoms with Crippen molar-refractivity contribution >= 4 is 27.5 Å². The van der Waals surface area contributed by atoms with Crippen molar-refractivity contribution in [3.8, 4) is 0 Å². The summed E-state index contributed by atoms with van der Waals surface area (Å²) in [5.41, 5.74) is 2.44. The highest BCUT2D eigenvalue weighted by Gasteiger charge is 2.45. The summed E-state index contributed by atoms with van der Waals surface area (Å²) in [5, 5.41) is 2.86. The van der Waals surface area contributed by atoms with Crippen LogP contribution in [0.25, 0.3) is 0 Å². The van der Waals surface area contributed by atoms with Gasteiger partial charge >= 0.3 is 0 Å². The van der Waals surface area contributed by atoms with Crippen molar-refractivity contribution in [2.45, 2.75) is 50.5 Å².